The van der Waals surface area contributed by atoms with Crippen molar-refractivity contribution < 1.29 is 0 Å². The fraction of sp³-hybridized carbons (Fsp3) is 0. The number of hydrogen-bond donors (Lipinski definition) is 0. The number of para-hydroxylation sites is 4. The molecule has 4 heteroatoms. The molecule has 0 bridgehead atoms. The minimum Gasteiger partial charge on any atom is -0.310 e. The van der Waals surface area contributed by atoms with Gasteiger partial charge in [-0.05, 0) is 148 Å². The fourth-order valence-electron chi connectivity index (χ4n) is 12.1. The minimum atomic E-state index is 1.08. The maximum atomic E-state index is 2.43. The SMILES string of the molecule is c1ccc(-n2c3ccccc3c3cc(N(c4ccc(-c5cccc(-c6cccc(N(c7ccc8c(c7)c7ccccc7n8-c7ccccc7)c7cccc8ccccc78)c6)c5)cc4)c4cccc5ccccc45)ccc32)cc1. The summed E-state index contributed by atoms with van der Waals surface area (Å²) in [4.78, 5) is 4.85. The molecule has 13 aromatic carbocycles. The second-order valence-electron chi connectivity index (χ2n) is 20.1. The highest BCUT2D eigenvalue weighted by atomic mass is 15.2. The van der Waals surface area contributed by atoms with Gasteiger partial charge in [-0.3, -0.25) is 0 Å². The van der Waals surface area contributed by atoms with E-state index in [1.165, 1.54) is 65.2 Å². The Morgan fingerprint density at radius 1 is 0.205 bits per heavy atom. The van der Waals surface area contributed by atoms with E-state index in [1.807, 2.05) is 0 Å². The van der Waals surface area contributed by atoms with Crippen molar-refractivity contribution in [3.63, 3.8) is 0 Å². The molecule has 0 saturated heterocycles. The molecule has 78 heavy (non-hydrogen) atoms. The van der Waals surface area contributed by atoms with E-state index in [-0.39, 0.29) is 0 Å². The van der Waals surface area contributed by atoms with E-state index in [1.54, 1.807) is 0 Å². The quantitative estimate of drug-likeness (QED) is 0.136. The monoisotopic (exact) mass is 994 g/mol. The lowest BCUT2D eigenvalue weighted by molar-refractivity contribution is 1.18. The van der Waals surface area contributed by atoms with Gasteiger partial charge in [0.1, 0.15) is 0 Å². The maximum Gasteiger partial charge on any atom is 0.0542 e. The van der Waals surface area contributed by atoms with Gasteiger partial charge >= 0.3 is 0 Å². The Labute approximate surface area is 452 Å². The minimum absolute atomic E-state index is 1.08. The summed E-state index contributed by atoms with van der Waals surface area (Å²) in [5.74, 6) is 0. The van der Waals surface area contributed by atoms with Crippen LogP contribution in [0.3, 0.4) is 0 Å². The van der Waals surface area contributed by atoms with E-state index in [0.717, 1.165) is 67.8 Å². The van der Waals surface area contributed by atoms with Gasteiger partial charge in [0.25, 0.3) is 0 Å². The van der Waals surface area contributed by atoms with Crippen LogP contribution in [0.4, 0.5) is 34.1 Å². The van der Waals surface area contributed by atoms with Gasteiger partial charge in [-0.25, -0.2) is 0 Å². The molecule has 2 aromatic heterocycles. The van der Waals surface area contributed by atoms with Crippen molar-refractivity contribution in [2.24, 2.45) is 0 Å². The zero-order valence-electron chi connectivity index (χ0n) is 42.7. The average Bonchev–Trinajstić information content (AvgIpc) is 4.04. The van der Waals surface area contributed by atoms with E-state index in [9.17, 15) is 0 Å². The van der Waals surface area contributed by atoms with Gasteiger partial charge < -0.3 is 18.9 Å². The van der Waals surface area contributed by atoms with Gasteiger partial charge in [-0.2, -0.15) is 0 Å². The Morgan fingerprint density at radius 2 is 0.577 bits per heavy atom. The van der Waals surface area contributed by atoms with Crippen LogP contribution in [0, 0.1) is 0 Å². The summed E-state index contributed by atoms with van der Waals surface area (Å²) in [6, 6.07) is 110. The Morgan fingerprint density at radius 3 is 1.12 bits per heavy atom. The van der Waals surface area contributed by atoms with Crippen molar-refractivity contribution in [1.29, 1.82) is 0 Å². The highest BCUT2D eigenvalue weighted by Crippen LogP contribution is 2.45. The summed E-state index contributed by atoms with van der Waals surface area (Å²) in [5, 5.41) is 9.66. The number of hydrogen-bond acceptors (Lipinski definition) is 2. The standard InChI is InChI=1S/C74H50N4/c1-3-26-57(27-4-1)77-71-35-13-11-33-65(71)67-49-61(43-45-73(67)77)75(69-37-17-21-52-19-7-9-31-63(52)69)59-41-39-51(40-42-59)54-23-15-24-55(47-54)56-25-16-30-60(48-56)76(70-38-18-22-53-20-8-10-32-64(53)70)62-44-46-74-68(50-62)66-34-12-14-36-72(66)78(74)58-28-5-2-6-29-58/h1-50H. The molecule has 0 aliphatic heterocycles. The normalized spacial score (nSPS) is 11.6. The molecule has 0 aliphatic carbocycles. The lowest BCUT2D eigenvalue weighted by Crippen LogP contribution is -2.10. The predicted octanol–water partition coefficient (Wildman–Crippen LogP) is 20.5. The lowest BCUT2D eigenvalue weighted by Gasteiger charge is -2.27. The zero-order valence-corrected chi connectivity index (χ0v) is 42.7. The maximum absolute atomic E-state index is 2.43. The highest BCUT2D eigenvalue weighted by Gasteiger charge is 2.22. The molecule has 0 amide bonds. The Kier molecular flexibility index (Phi) is 10.8. The van der Waals surface area contributed by atoms with Gasteiger partial charge in [0.15, 0.2) is 0 Å². The van der Waals surface area contributed by atoms with Crippen LogP contribution in [0.5, 0.6) is 0 Å². The first-order valence-corrected chi connectivity index (χ1v) is 26.7. The number of aromatic nitrogens is 2. The van der Waals surface area contributed by atoms with Gasteiger partial charge in [-0.1, -0.05) is 188 Å². The van der Waals surface area contributed by atoms with Crippen molar-refractivity contribution in [1.82, 2.24) is 9.13 Å². The number of rotatable bonds is 10. The molecule has 0 N–H and O–H groups in total. The third kappa shape index (κ3) is 7.61. The van der Waals surface area contributed by atoms with Gasteiger partial charge in [0, 0.05) is 66.4 Å². The first-order chi connectivity index (χ1) is 38.7. The largest absolute Gasteiger partial charge is 0.310 e. The van der Waals surface area contributed by atoms with Crippen molar-refractivity contribution in [3.05, 3.63) is 303 Å². The van der Waals surface area contributed by atoms with Crippen LogP contribution >= 0.6 is 0 Å². The molecule has 0 unspecified atom stereocenters. The molecule has 0 spiro atoms. The summed E-state index contributed by atoms with van der Waals surface area (Å²) in [6.07, 6.45) is 0. The van der Waals surface area contributed by atoms with E-state index in [0.29, 0.717) is 0 Å². The topological polar surface area (TPSA) is 16.3 Å². The Bertz CT molecular complexity index is 4730. The average molecular weight is 995 g/mol. The Balaban J connectivity index is 0.820. The molecule has 0 saturated carbocycles. The molecule has 0 aliphatic rings. The zero-order chi connectivity index (χ0) is 51.5. The van der Waals surface area contributed by atoms with Crippen LogP contribution < -0.4 is 9.80 Å². The molecular formula is C74H50N4. The summed E-state index contributed by atoms with van der Waals surface area (Å²) in [5.41, 5.74) is 18.2. The lowest BCUT2D eigenvalue weighted by atomic mass is 9.98. The van der Waals surface area contributed by atoms with Crippen molar-refractivity contribution in [2.75, 3.05) is 9.80 Å². The van der Waals surface area contributed by atoms with Crippen molar-refractivity contribution in [2.45, 2.75) is 0 Å². The third-order valence-corrected chi connectivity index (χ3v) is 15.6. The molecular weight excluding hydrogens is 945 g/mol. The number of fused-ring (bicyclic) bond motifs is 8. The third-order valence-electron chi connectivity index (χ3n) is 15.6. The molecule has 366 valence electrons. The van der Waals surface area contributed by atoms with Crippen LogP contribution in [0.15, 0.2) is 303 Å². The predicted molar refractivity (Wildman–Crippen MR) is 330 cm³/mol. The number of nitrogens with zero attached hydrogens (tertiary/aromatic N) is 4. The second kappa shape index (κ2) is 18.7. The molecule has 0 radical (unpaired) electrons. The summed E-state index contributed by atoms with van der Waals surface area (Å²) in [7, 11) is 0. The molecule has 15 aromatic rings. The summed E-state index contributed by atoms with van der Waals surface area (Å²) < 4.78 is 4.76. The van der Waals surface area contributed by atoms with E-state index < -0.39 is 0 Å². The van der Waals surface area contributed by atoms with Crippen LogP contribution in [0.1, 0.15) is 0 Å². The fourth-order valence-corrected chi connectivity index (χ4v) is 12.1. The van der Waals surface area contributed by atoms with E-state index in [2.05, 4.69) is 322 Å². The highest BCUT2D eigenvalue weighted by molar-refractivity contribution is 6.13. The first-order valence-electron chi connectivity index (χ1n) is 26.7. The van der Waals surface area contributed by atoms with Crippen molar-refractivity contribution >= 4 is 99.3 Å². The molecule has 4 nitrogen and oxygen atoms in total. The molecule has 0 fully saturated rings. The van der Waals surface area contributed by atoms with Gasteiger partial charge in [-0.15, -0.1) is 0 Å². The van der Waals surface area contributed by atoms with Crippen LogP contribution in [-0.2, 0) is 0 Å². The molecule has 0 atom stereocenters. The van der Waals surface area contributed by atoms with Crippen LogP contribution in [0.25, 0.3) is 98.8 Å². The number of benzene rings is 13. The van der Waals surface area contributed by atoms with Crippen molar-refractivity contribution in [3.8, 4) is 33.6 Å². The van der Waals surface area contributed by atoms with Crippen LogP contribution in [0.2, 0.25) is 0 Å². The Hall–Kier alpha value is -10.4. The van der Waals surface area contributed by atoms with Gasteiger partial charge in [0.05, 0.1) is 33.4 Å². The summed E-state index contributed by atoms with van der Waals surface area (Å²) >= 11 is 0. The van der Waals surface area contributed by atoms with Gasteiger partial charge in [0.2, 0.25) is 0 Å². The molecule has 2 heterocycles. The van der Waals surface area contributed by atoms with E-state index >= 15 is 0 Å². The summed E-state index contributed by atoms with van der Waals surface area (Å²) in [6.45, 7) is 0. The molecule has 15 rings (SSSR count). The second-order valence-corrected chi connectivity index (χ2v) is 20.1. The number of anilines is 6. The smallest absolute Gasteiger partial charge is 0.0542 e. The van der Waals surface area contributed by atoms with E-state index in [4.69, 9.17) is 0 Å². The van der Waals surface area contributed by atoms with Crippen LogP contribution in [-0.4, -0.2) is 9.13 Å². The first kappa shape index (κ1) is 45.0.